The Morgan fingerprint density at radius 1 is 1.06 bits per heavy atom. The molecule has 1 amide bonds. The number of H-pyrrole nitrogens is 1. The van der Waals surface area contributed by atoms with Gasteiger partial charge in [0, 0.05) is 30.0 Å². The van der Waals surface area contributed by atoms with Crippen LogP contribution in [0.2, 0.25) is 0 Å². The first-order valence-corrected chi connectivity index (χ1v) is 13.1. The zero-order valence-corrected chi connectivity index (χ0v) is 20.1. The Morgan fingerprint density at radius 3 is 2.45 bits per heavy atom. The van der Waals surface area contributed by atoms with E-state index in [0.717, 1.165) is 67.8 Å². The van der Waals surface area contributed by atoms with E-state index in [9.17, 15) is 9.59 Å². The number of piperidine rings is 1. The zero-order chi connectivity index (χ0) is 22.8. The molecule has 0 spiro atoms. The average molecular weight is 465 g/mol. The first kappa shape index (κ1) is 22.3. The molecule has 0 saturated carbocycles. The van der Waals surface area contributed by atoms with Crippen LogP contribution in [0, 0.1) is 5.92 Å². The Labute approximate surface area is 198 Å². The van der Waals surface area contributed by atoms with Crippen molar-refractivity contribution >= 4 is 27.5 Å². The molecule has 1 atom stereocenters. The monoisotopic (exact) mass is 464 g/mol. The molecule has 1 aromatic carbocycles. The van der Waals surface area contributed by atoms with Crippen molar-refractivity contribution in [1.82, 2.24) is 19.8 Å². The molecule has 0 radical (unpaired) electrons. The summed E-state index contributed by atoms with van der Waals surface area (Å²) in [7, 11) is 0. The highest BCUT2D eigenvalue weighted by molar-refractivity contribution is 7.17. The summed E-state index contributed by atoms with van der Waals surface area (Å²) < 4.78 is 0. The van der Waals surface area contributed by atoms with Crippen LogP contribution in [0.4, 0.5) is 0 Å². The van der Waals surface area contributed by atoms with E-state index >= 15 is 0 Å². The van der Waals surface area contributed by atoms with Crippen LogP contribution in [0.25, 0.3) is 21.3 Å². The molecular weight excluding hydrogens is 432 g/mol. The number of amides is 1. The second-order valence-corrected chi connectivity index (χ2v) is 10.2. The average Bonchev–Trinajstić information content (AvgIpc) is 3.10. The first-order chi connectivity index (χ1) is 16.1. The van der Waals surface area contributed by atoms with Gasteiger partial charge in [-0.15, -0.1) is 11.3 Å². The quantitative estimate of drug-likeness (QED) is 0.601. The molecule has 0 bridgehead atoms. The number of likely N-dealkylation sites (tertiary alicyclic amines) is 2. The predicted molar refractivity (Wildman–Crippen MR) is 133 cm³/mol. The van der Waals surface area contributed by atoms with Gasteiger partial charge < -0.3 is 9.88 Å². The van der Waals surface area contributed by atoms with E-state index in [1.54, 1.807) is 0 Å². The molecule has 4 heterocycles. The van der Waals surface area contributed by atoms with Crippen molar-refractivity contribution in [1.29, 1.82) is 0 Å². The summed E-state index contributed by atoms with van der Waals surface area (Å²) in [4.78, 5) is 39.2. The van der Waals surface area contributed by atoms with Crippen molar-refractivity contribution in [3.63, 3.8) is 0 Å². The van der Waals surface area contributed by atoms with Crippen LogP contribution < -0.4 is 5.56 Å². The van der Waals surface area contributed by atoms with Gasteiger partial charge in [-0.1, -0.05) is 43.2 Å². The van der Waals surface area contributed by atoms with Gasteiger partial charge in [0.2, 0.25) is 5.91 Å². The third-order valence-electron chi connectivity index (χ3n) is 7.29. The zero-order valence-electron chi connectivity index (χ0n) is 19.3. The van der Waals surface area contributed by atoms with Crippen molar-refractivity contribution < 1.29 is 4.79 Å². The van der Waals surface area contributed by atoms with Gasteiger partial charge in [-0.05, 0) is 51.3 Å². The van der Waals surface area contributed by atoms with Crippen molar-refractivity contribution in [3.05, 3.63) is 51.9 Å². The van der Waals surface area contributed by atoms with Crippen molar-refractivity contribution in [2.45, 2.75) is 51.5 Å². The number of benzene rings is 1. The Morgan fingerprint density at radius 2 is 1.76 bits per heavy atom. The smallest absolute Gasteiger partial charge is 0.260 e. The second-order valence-electron chi connectivity index (χ2n) is 9.37. The standard InChI is InChI=1S/C26H32N4O2S/c1-18(29-15-11-20(12-16-29)26(32)30-13-7-2-3-8-14-30)23-27-24(31)22-21(17-33-25(22)28-23)19-9-5-4-6-10-19/h4-6,9-10,17-18,20H,2-3,7-8,11-16H2,1H3,(H,27,28,31)/t18-/m0/s1. The molecule has 3 aromatic rings. The summed E-state index contributed by atoms with van der Waals surface area (Å²) in [6.45, 7) is 5.66. The number of nitrogens with zero attached hydrogens (tertiary/aromatic N) is 3. The Hall–Kier alpha value is -2.51. The Bertz CT molecular complexity index is 1160. The van der Waals surface area contributed by atoms with Crippen molar-refractivity contribution in [3.8, 4) is 11.1 Å². The number of carbonyl (C=O) groups is 1. The lowest BCUT2D eigenvalue weighted by molar-refractivity contribution is -0.137. The Kier molecular flexibility index (Phi) is 6.60. The number of aromatic amines is 1. The van der Waals surface area contributed by atoms with Crippen LogP contribution in [-0.4, -0.2) is 51.9 Å². The van der Waals surface area contributed by atoms with Crippen LogP contribution in [0.15, 0.2) is 40.5 Å². The molecule has 33 heavy (non-hydrogen) atoms. The highest BCUT2D eigenvalue weighted by Crippen LogP contribution is 2.32. The van der Waals surface area contributed by atoms with Crippen LogP contribution in [0.5, 0.6) is 0 Å². The maximum absolute atomic E-state index is 13.0. The molecule has 2 fully saturated rings. The molecule has 2 saturated heterocycles. The topological polar surface area (TPSA) is 69.3 Å². The number of thiophene rings is 1. The molecular formula is C26H32N4O2S. The molecule has 6 nitrogen and oxygen atoms in total. The van der Waals surface area contributed by atoms with E-state index in [1.807, 2.05) is 35.7 Å². The lowest BCUT2D eigenvalue weighted by Crippen LogP contribution is -2.43. The second kappa shape index (κ2) is 9.77. The molecule has 7 heteroatoms. The van der Waals surface area contributed by atoms with E-state index in [4.69, 9.17) is 4.98 Å². The SMILES string of the molecule is C[C@@H](c1nc2scc(-c3ccccc3)c2c(=O)[nH]1)N1CCC(C(=O)N2CCCCCC2)CC1. The summed E-state index contributed by atoms with van der Waals surface area (Å²) in [5.41, 5.74) is 1.90. The maximum Gasteiger partial charge on any atom is 0.260 e. The summed E-state index contributed by atoms with van der Waals surface area (Å²) in [5.74, 6) is 1.20. The van der Waals surface area contributed by atoms with E-state index in [2.05, 4.69) is 21.7 Å². The van der Waals surface area contributed by atoms with Crippen LogP contribution in [0.1, 0.15) is 57.3 Å². The molecule has 0 aliphatic carbocycles. The fourth-order valence-corrected chi connectivity index (χ4v) is 6.20. The molecule has 2 aliphatic heterocycles. The van der Waals surface area contributed by atoms with Gasteiger partial charge in [0.25, 0.3) is 5.56 Å². The lowest BCUT2D eigenvalue weighted by Gasteiger charge is -2.36. The number of hydrogen-bond acceptors (Lipinski definition) is 5. The lowest BCUT2D eigenvalue weighted by atomic mass is 9.94. The largest absolute Gasteiger partial charge is 0.342 e. The minimum absolute atomic E-state index is 0.0126. The van der Waals surface area contributed by atoms with Crippen molar-refractivity contribution in [2.75, 3.05) is 26.2 Å². The van der Waals surface area contributed by atoms with Gasteiger partial charge in [0.15, 0.2) is 0 Å². The summed E-state index contributed by atoms with van der Waals surface area (Å²) in [6, 6.07) is 10.0. The highest BCUT2D eigenvalue weighted by Gasteiger charge is 2.31. The van der Waals surface area contributed by atoms with Gasteiger partial charge in [-0.3, -0.25) is 14.5 Å². The summed E-state index contributed by atoms with van der Waals surface area (Å²) in [5, 5.41) is 2.69. The van der Waals surface area contributed by atoms with Crippen LogP contribution >= 0.6 is 11.3 Å². The highest BCUT2D eigenvalue weighted by atomic mass is 32.1. The van der Waals surface area contributed by atoms with Crippen molar-refractivity contribution in [2.24, 2.45) is 5.92 Å². The number of hydrogen-bond donors (Lipinski definition) is 1. The number of fused-ring (bicyclic) bond motifs is 1. The molecule has 1 N–H and O–H groups in total. The Balaban J connectivity index is 1.28. The minimum Gasteiger partial charge on any atom is -0.342 e. The van der Waals surface area contributed by atoms with E-state index < -0.39 is 0 Å². The third kappa shape index (κ3) is 4.62. The minimum atomic E-state index is -0.0758. The molecule has 2 aromatic heterocycles. The first-order valence-electron chi connectivity index (χ1n) is 12.2. The van der Waals surface area contributed by atoms with Gasteiger partial charge in [0.1, 0.15) is 10.7 Å². The number of carbonyl (C=O) groups excluding carboxylic acids is 1. The normalized spacial score (nSPS) is 19.5. The summed E-state index contributed by atoms with van der Waals surface area (Å²) in [6.07, 6.45) is 6.51. The fraction of sp³-hybridized carbons (Fsp3) is 0.500. The van der Waals surface area contributed by atoms with Crippen LogP contribution in [0.3, 0.4) is 0 Å². The van der Waals surface area contributed by atoms with E-state index in [0.29, 0.717) is 17.1 Å². The number of rotatable bonds is 4. The molecule has 2 aliphatic rings. The molecule has 0 unspecified atom stereocenters. The van der Waals surface area contributed by atoms with Gasteiger partial charge in [-0.2, -0.15) is 0 Å². The third-order valence-corrected chi connectivity index (χ3v) is 8.16. The molecule has 5 rings (SSSR count). The van der Waals surface area contributed by atoms with Gasteiger partial charge >= 0.3 is 0 Å². The predicted octanol–water partition coefficient (Wildman–Crippen LogP) is 4.83. The van der Waals surface area contributed by atoms with E-state index in [-0.39, 0.29) is 17.5 Å². The molecule has 174 valence electrons. The fourth-order valence-electron chi connectivity index (χ4n) is 5.25. The maximum atomic E-state index is 13.0. The van der Waals surface area contributed by atoms with E-state index in [1.165, 1.54) is 24.2 Å². The number of nitrogens with one attached hydrogen (secondary N) is 1. The summed E-state index contributed by atoms with van der Waals surface area (Å²) >= 11 is 1.52. The van der Waals surface area contributed by atoms with Gasteiger partial charge in [-0.25, -0.2) is 4.98 Å². The van der Waals surface area contributed by atoms with Crippen LogP contribution in [-0.2, 0) is 4.79 Å². The van der Waals surface area contributed by atoms with Gasteiger partial charge in [0.05, 0.1) is 11.4 Å². The number of aromatic nitrogens is 2.